The van der Waals surface area contributed by atoms with Crippen LogP contribution in [0.15, 0.2) is 84.9 Å². The van der Waals surface area contributed by atoms with Crippen LogP contribution in [0.3, 0.4) is 0 Å². The number of H-pyrrole nitrogens is 1. The van der Waals surface area contributed by atoms with Crippen LogP contribution in [0.25, 0.3) is 10.9 Å². The summed E-state index contributed by atoms with van der Waals surface area (Å²) in [6.07, 6.45) is 2.02. The summed E-state index contributed by atoms with van der Waals surface area (Å²) in [5.74, 6) is 0. The minimum atomic E-state index is -2.50. The Morgan fingerprint density at radius 2 is 1.45 bits per heavy atom. The summed E-state index contributed by atoms with van der Waals surface area (Å²) in [6.45, 7) is 8.76. The smallest absolute Gasteiger partial charge is 0.261 e. The van der Waals surface area contributed by atoms with Gasteiger partial charge in [-0.3, -0.25) is 0 Å². The van der Waals surface area contributed by atoms with Crippen molar-refractivity contribution in [2.75, 3.05) is 13.2 Å². The summed E-state index contributed by atoms with van der Waals surface area (Å²) in [6, 6.07) is 30.8. The molecule has 1 aromatic heterocycles. The van der Waals surface area contributed by atoms with Crippen molar-refractivity contribution in [3.63, 3.8) is 0 Å². The third-order valence-electron chi connectivity index (χ3n) is 7.10. The van der Waals surface area contributed by atoms with Gasteiger partial charge in [-0.2, -0.15) is 0 Å². The first-order chi connectivity index (χ1) is 16.0. The first-order valence-electron chi connectivity index (χ1n) is 12.1. The first kappa shape index (κ1) is 22.1. The zero-order valence-corrected chi connectivity index (χ0v) is 20.9. The monoisotopic (exact) mass is 454 g/mol. The fourth-order valence-corrected chi connectivity index (χ4v) is 10.2. The fourth-order valence-electron chi connectivity index (χ4n) is 5.60. The molecule has 0 amide bonds. The second kappa shape index (κ2) is 8.94. The van der Waals surface area contributed by atoms with E-state index < -0.39 is 8.32 Å². The van der Waals surface area contributed by atoms with Crippen LogP contribution >= 0.6 is 0 Å². The van der Waals surface area contributed by atoms with Gasteiger partial charge < -0.3 is 14.7 Å². The molecule has 4 heteroatoms. The summed E-state index contributed by atoms with van der Waals surface area (Å²) >= 11 is 0. The van der Waals surface area contributed by atoms with Crippen LogP contribution in [-0.4, -0.2) is 26.5 Å². The number of hydrogen-bond acceptors (Lipinski definition) is 2. The predicted octanol–water partition coefficient (Wildman–Crippen LogP) is 5.32. The van der Waals surface area contributed by atoms with Gasteiger partial charge in [0.05, 0.1) is 0 Å². The fraction of sp³-hybridized carbons (Fsp3) is 0.310. The largest absolute Gasteiger partial charge is 0.407 e. The van der Waals surface area contributed by atoms with Crippen molar-refractivity contribution in [3.8, 4) is 0 Å². The molecular formula is C29H34N2OSi. The van der Waals surface area contributed by atoms with Gasteiger partial charge in [0, 0.05) is 29.2 Å². The van der Waals surface area contributed by atoms with Gasteiger partial charge >= 0.3 is 0 Å². The third-order valence-corrected chi connectivity index (χ3v) is 12.1. The van der Waals surface area contributed by atoms with Gasteiger partial charge in [-0.1, -0.05) is 99.6 Å². The van der Waals surface area contributed by atoms with Crippen LogP contribution in [0.4, 0.5) is 0 Å². The number of aromatic amines is 1. The quantitative estimate of drug-likeness (QED) is 0.387. The molecule has 0 fully saturated rings. The van der Waals surface area contributed by atoms with Crippen molar-refractivity contribution in [3.05, 3.63) is 96.2 Å². The van der Waals surface area contributed by atoms with E-state index in [9.17, 15) is 0 Å². The van der Waals surface area contributed by atoms with E-state index in [-0.39, 0.29) is 5.04 Å². The Hall–Kier alpha value is -2.66. The molecule has 0 saturated heterocycles. The molecule has 1 atom stereocenters. The Morgan fingerprint density at radius 1 is 0.848 bits per heavy atom. The number of rotatable bonds is 6. The van der Waals surface area contributed by atoms with Crippen LogP contribution in [0.5, 0.6) is 0 Å². The van der Waals surface area contributed by atoms with E-state index in [1.165, 1.54) is 32.5 Å². The molecule has 0 bridgehead atoms. The summed E-state index contributed by atoms with van der Waals surface area (Å²) in [5.41, 5.74) is 4.05. The Labute approximate surface area is 198 Å². The molecule has 3 nitrogen and oxygen atoms in total. The maximum Gasteiger partial charge on any atom is 0.261 e. The molecule has 0 saturated carbocycles. The molecule has 1 aliphatic heterocycles. The van der Waals surface area contributed by atoms with Crippen molar-refractivity contribution in [1.29, 1.82) is 0 Å². The number of para-hydroxylation sites is 1. The van der Waals surface area contributed by atoms with E-state index in [0.717, 1.165) is 26.0 Å². The number of nitrogens with one attached hydrogen (secondary N) is 2. The lowest BCUT2D eigenvalue weighted by Crippen LogP contribution is -2.66. The standard InChI is InChI=1S/C29H34N2OSi/c1-29(2,3)33(22-12-6-4-7-13-22,23-14-8-5-9-15-23)32-21-19-27-28-25(18-20-30-27)24-16-10-11-17-26(24)31-28/h4-17,27,30-31H,18-21H2,1-3H3/t27-/m0/s1. The zero-order valence-electron chi connectivity index (χ0n) is 19.9. The molecule has 1 aliphatic rings. The normalized spacial score (nSPS) is 16.6. The average Bonchev–Trinajstić information content (AvgIpc) is 3.22. The highest BCUT2D eigenvalue weighted by atomic mass is 28.4. The SMILES string of the molecule is CC(C)(C)[Si](OCC[C@@H]1NCCc2c1[nH]c1ccccc21)(c1ccccc1)c1ccccc1. The lowest BCUT2D eigenvalue weighted by Gasteiger charge is -2.43. The van der Waals surface area contributed by atoms with Crippen LogP contribution in [0.2, 0.25) is 5.04 Å². The lowest BCUT2D eigenvalue weighted by molar-refractivity contribution is 0.267. The molecule has 170 valence electrons. The lowest BCUT2D eigenvalue weighted by atomic mass is 9.98. The van der Waals surface area contributed by atoms with Crippen molar-refractivity contribution in [2.24, 2.45) is 0 Å². The Bertz CT molecular complexity index is 1170. The van der Waals surface area contributed by atoms with Crippen molar-refractivity contribution < 1.29 is 4.43 Å². The van der Waals surface area contributed by atoms with Gasteiger partial charge in [0.15, 0.2) is 0 Å². The summed E-state index contributed by atoms with van der Waals surface area (Å²) in [4.78, 5) is 3.70. The van der Waals surface area contributed by atoms with Gasteiger partial charge in [-0.25, -0.2) is 0 Å². The van der Waals surface area contributed by atoms with Crippen LogP contribution < -0.4 is 15.7 Å². The topological polar surface area (TPSA) is 37.0 Å². The van der Waals surface area contributed by atoms with Crippen molar-refractivity contribution in [1.82, 2.24) is 10.3 Å². The predicted molar refractivity (Wildman–Crippen MR) is 141 cm³/mol. The van der Waals surface area contributed by atoms with Gasteiger partial charge in [-0.15, -0.1) is 0 Å². The molecule has 5 rings (SSSR count). The number of aromatic nitrogens is 1. The number of fused-ring (bicyclic) bond motifs is 3. The van der Waals surface area contributed by atoms with Crippen LogP contribution in [-0.2, 0) is 10.8 Å². The van der Waals surface area contributed by atoms with Crippen molar-refractivity contribution in [2.45, 2.75) is 44.7 Å². The van der Waals surface area contributed by atoms with Crippen molar-refractivity contribution >= 4 is 29.6 Å². The Kier molecular flexibility index (Phi) is 6.00. The molecule has 0 spiro atoms. The minimum absolute atomic E-state index is 0.00196. The third kappa shape index (κ3) is 3.97. The van der Waals surface area contributed by atoms with Crippen LogP contribution in [0.1, 0.15) is 44.5 Å². The summed E-state index contributed by atoms with van der Waals surface area (Å²) in [5, 5.41) is 7.79. The molecular weight excluding hydrogens is 420 g/mol. The number of benzene rings is 3. The van der Waals surface area contributed by atoms with E-state index in [2.05, 4.69) is 116 Å². The molecule has 33 heavy (non-hydrogen) atoms. The molecule has 0 unspecified atom stereocenters. The van der Waals surface area contributed by atoms with Gasteiger partial charge in [-0.05, 0) is 46.4 Å². The van der Waals surface area contributed by atoms with E-state index in [1.807, 2.05) is 0 Å². The van der Waals surface area contributed by atoms with Crippen LogP contribution in [0, 0.1) is 0 Å². The van der Waals surface area contributed by atoms with E-state index in [1.54, 1.807) is 0 Å². The molecule has 2 heterocycles. The average molecular weight is 455 g/mol. The second-order valence-electron chi connectivity index (χ2n) is 10.1. The maximum atomic E-state index is 7.14. The highest BCUT2D eigenvalue weighted by Gasteiger charge is 2.50. The number of hydrogen-bond donors (Lipinski definition) is 2. The molecule has 3 aromatic carbocycles. The zero-order chi connectivity index (χ0) is 22.9. The van der Waals surface area contributed by atoms with E-state index in [4.69, 9.17) is 4.43 Å². The van der Waals surface area contributed by atoms with Gasteiger partial charge in [0.2, 0.25) is 0 Å². The molecule has 2 N–H and O–H groups in total. The van der Waals surface area contributed by atoms with Gasteiger partial charge in [0.1, 0.15) is 0 Å². The highest BCUT2D eigenvalue weighted by molar-refractivity contribution is 6.99. The molecule has 4 aromatic rings. The van der Waals surface area contributed by atoms with E-state index in [0.29, 0.717) is 6.04 Å². The first-order valence-corrected chi connectivity index (χ1v) is 14.0. The molecule has 0 aliphatic carbocycles. The van der Waals surface area contributed by atoms with Gasteiger partial charge in [0.25, 0.3) is 8.32 Å². The second-order valence-corrected chi connectivity index (χ2v) is 14.4. The Balaban J connectivity index is 1.46. The summed E-state index contributed by atoms with van der Waals surface area (Å²) in [7, 11) is -2.50. The highest BCUT2D eigenvalue weighted by Crippen LogP contribution is 2.37. The Morgan fingerprint density at radius 3 is 2.09 bits per heavy atom. The van der Waals surface area contributed by atoms with E-state index >= 15 is 0 Å². The maximum absolute atomic E-state index is 7.14. The molecule has 0 radical (unpaired) electrons. The minimum Gasteiger partial charge on any atom is -0.407 e. The summed E-state index contributed by atoms with van der Waals surface area (Å²) < 4.78 is 7.14.